The van der Waals surface area contributed by atoms with Crippen molar-refractivity contribution in [2.75, 3.05) is 10.6 Å². The summed E-state index contributed by atoms with van der Waals surface area (Å²) in [6.45, 7) is 1.97. The second kappa shape index (κ2) is 8.63. The molecule has 5 rings (SSSR count). The van der Waals surface area contributed by atoms with E-state index in [1.807, 2.05) is 43.3 Å². The summed E-state index contributed by atoms with van der Waals surface area (Å²) in [6, 6.07) is 20.7. The van der Waals surface area contributed by atoms with Gasteiger partial charge in [-0.15, -0.1) is 0 Å². The second-order valence-electron chi connectivity index (χ2n) is 7.67. The number of fused-ring (bicyclic) bond motifs is 1. The van der Waals surface area contributed by atoms with Gasteiger partial charge in [0.2, 0.25) is 0 Å². The van der Waals surface area contributed by atoms with Gasteiger partial charge in [-0.05, 0) is 61.5 Å². The van der Waals surface area contributed by atoms with Crippen LogP contribution in [0.3, 0.4) is 0 Å². The monoisotopic (exact) mass is 440 g/mol. The molecule has 1 unspecified atom stereocenters. The van der Waals surface area contributed by atoms with E-state index in [0.29, 0.717) is 11.4 Å². The van der Waals surface area contributed by atoms with Crippen molar-refractivity contribution in [2.24, 2.45) is 0 Å². The van der Waals surface area contributed by atoms with Crippen LogP contribution in [-0.2, 0) is 0 Å². The average molecular weight is 440 g/mol. The third kappa shape index (κ3) is 4.08. The summed E-state index contributed by atoms with van der Waals surface area (Å²) in [7, 11) is 0. The molecule has 0 saturated heterocycles. The average Bonchev–Trinajstić information content (AvgIpc) is 3.47. The maximum atomic E-state index is 14.5. The molecular formula is C26H21FN4O2. The number of furan rings is 1. The van der Waals surface area contributed by atoms with Crippen LogP contribution in [0.15, 0.2) is 89.7 Å². The number of nitrogens with one attached hydrogen (secondary N) is 3. The van der Waals surface area contributed by atoms with Crippen LogP contribution >= 0.6 is 0 Å². The first kappa shape index (κ1) is 20.5. The molecule has 0 bridgehead atoms. The number of aryl methyl sites for hydroxylation is 1. The van der Waals surface area contributed by atoms with Crippen molar-refractivity contribution in [1.82, 2.24) is 9.97 Å². The molecule has 7 heteroatoms. The predicted octanol–water partition coefficient (Wildman–Crippen LogP) is 6.06. The molecule has 0 saturated carbocycles. The Morgan fingerprint density at radius 1 is 1.06 bits per heavy atom. The van der Waals surface area contributed by atoms with Gasteiger partial charge in [-0.3, -0.25) is 9.78 Å². The van der Waals surface area contributed by atoms with Gasteiger partial charge < -0.3 is 20.0 Å². The predicted molar refractivity (Wildman–Crippen MR) is 126 cm³/mol. The quantitative estimate of drug-likeness (QED) is 0.300. The number of carbonyl (C=O) groups is 1. The van der Waals surface area contributed by atoms with Crippen LogP contribution in [0.1, 0.15) is 33.5 Å². The molecule has 5 aromatic rings. The van der Waals surface area contributed by atoms with Crippen molar-refractivity contribution < 1.29 is 13.6 Å². The Balaban J connectivity index is 1.59. The lowest BCUT2D eigenvalue weighted by Crippen LogP contribution is -2.15. The molecule has 2 aromatic carbocycles. The molecule has 0 spiro atoms. The number of hydrogen-bond donors (Lipinski definition) is 3. The topological polar surface area (TPSA) is 83.0 Å². The number of hydrogen-bond acceptors (Lipinski definition) is 4. The molecular weight excluding hydrogens is 419 g/mol. The lowest BCUT2D eigenvalue weighted by molar-refractivity contribution is 0.0996. The van der Waals surface area contributed by atoms with Crippen LogP contribution < -0.4 is 10.6 Å². The fraction of sp³-hybridized carbons (Fsp3) is 0.0769. The van der Waals surface area contributed by atoms with E-state index >= 15 is 0 Å². The zero-order valence-corrected chi connectivity index (χ0v) is 17.8. The first-order valence-corrected chi connectivity index (χ1v) is 10.5. The molecule has 0 aliphatic rings. The lowest BCUT2D eigenvalue weighted by Gasteiger charge is -2.21. The van der Waals surface area contributed by atoms with Gasteiger partial charge in [0, 0.05) is 34.0 Å². The summed E-state index contributed by atoms with van der Waals surface area (Å²) in [6.07, 6.45) is 3.17. The Morgan fingerprint density at radius 2 is 1.91 bits per heavy atom. The van der Waals surface area contributed by atoms with Gasteiger partial charge in [-0.1, -0.05) is 18.2 Å². The van der Waals surface area contributed by atoms with Gasteiger partial charge in [-0.25, -0.2) is 4.39 Å². The summed E-state index contributed by atoms with van der Waals surface area (Å²) in [4.78, 5) is 20.4. The first-order chi connectivity index (χ1) is 16.1. The van der Waals surface area contributed by atoms with Crippen LogP contribution in [-0.4, -0.2) is 15.9 Å². The SMILES string of the molecule is Cc1[nH]c2ccc(NC(=O)c3ccco3)cc2c1C(Nc1ccccc1F)c1ccccn1. The Kier molecular flexibility index (Phi) is 5.36. The zero-order valence-electron chi connectivity index (χ0n) is 17.8. The van der Waals surface area contributed by atoms with Crippen molar-refractivity contribution in [3.8, 4) is 0 Å². The summed E-state index contributed by atoms with van der Waals surface area (Å²) in [5.41, 5.74) is 4.48. The van der Waals surface area contributed by atoms with Gasteiger partial charge >= 0.3 is 0 Å². The zero-order chi connectivity index (χ0) is 22.8. The van der Waals surface area contributed by atoms with Gasteiger partial charge in [0.1, 0.15) is 5.82 Å². The third-order valence-corrected chi connectivity index (χ3v) is 5.48. The smallest absolute Gasteiger partial charge is 0.291 e. The number of rotatable bonds is 6. The van der Waals surface area contributed by atoms with Crippen molar-refractivity contribution >= 4 is 28.2 Å². The Labute approximate surface area is 189 Å². The molecule has 3 aromatic heterocycles. The maximum absolute atomic E-state index is 14.5. The van der Waals surface area contributed by atoms with Gasteiger partial charge in [0.05, 0.1) is 23.7 Å². The van der Waals surface area contributed by atoms with Crippen molar-refractivity contribution in [3.05, 3.63) is 114 Å². The largest absolute Gasteiger partial charge is 0.459 e. The minimum absolute atomic E-state index is 0.230. The van der Waals surface area contributed by atoms with Crippen LogP contribution in [0.2, 0.25) is 0 Å². The van der Waals surface area contributed by atoms with E-state index in [9.17, 15) is 9.18 Å². The number of halogens is 1. The molecule has 1 amide bonds. The Bertz CT molecular complexity index is 1410. The number of H-pyrrole nitrogens is 1. The summed E-state index contributed by atoms with van der Waals surface area (Å²) in [5.74, 6) is -0.450. The molecule has 0 aliphatic carbocycles. The number of nitrogens with zero attached hydrogens (tertiary/aromatic N) is 1. The van der Waals surface area contributed by atoms with Gasteiger partial charge in [0.15, 0.2) is 5.76 Å². The number of benzene rings is 2. The number of pyridine rings is 1. The minimum Gasteiger partial charge on any atom is -0.459 e. The van der Waals surface area contributed by atoms with Crippen molar-refractivity contribution in [1.29, 1.82) is 0 Å². The Hall–Kier alpha value is -4.39. The molecule has 3 N–H and O–H groups in total. The van der Waals surface area contributed by atoms with Gasteiger partial charge in [-0.2, -0.15) is 0 Å². The lowest BCUT2D eigenvalue weighted by atomic mass is 9.98. The van der Waals surface area contributed by atoms with Gasteiger partial charge in [0.25, 0.3) is 5.91 Å². The number of aromatic amines is 1. The molecule has 3 heterocycles. The summed E-state index contributed by atoms with van der Waals surface area (Å²) < 4.78 is 19.7. The van der Waals surface area contributed by atoms with Crippen LogP contribution in [0.25, 0.3) is 10.9 Å². The summed E-state index contributed by atoms with van der Waals surface area (Å²) in [5, 5.41) is 7.08. The van der Waals surface area contributed by atoms with E-state index in [1.54, 1.807) is 36.5 Å². The normalized spacial score (nSPS) is 11.9. The van der Waals surface area contributed by atoms with E-state index in [-0.39, 0.29) is 17.5 Å². The van der Waals surface area contributed by atoms with Crippen LogP contribution in [0, 0.1) is 12.7 Å². The molecule has 0 radical (unpaired) electrons. The van der Waals surface area contributed by atoms with E-state index < -0.39 is 6.04 Å². The fourth-order valence-electron chi connectivity index (χ4n) is 3.97. The molecule has 0 fully saturated rings. The number of para-hydroxylation sites is 1. The number of amides is 1. The summed E-state index contributed by atoms with van der Waals surface area (Å²) >= 11 is 0. The Morgan fingerprint density at radius 3 is 2.67 bits per heavy atom. The molecule has 33 heavy (non-hydrogen) atoms. The van der Waals surface area contributed by atoms with Crippen LogP contribution in [0.5, 0.6) is 0 Å². The minimum atomic E-state index is -0.423. The number of aromatic nitrogens is 2. The van der Waals surface area contributed by atoms with E-state index in [2.05, 4.69) is 20.6 Å². The van der Waals surface area contributed by atoms with Crippen molar-refractivity contribution in [2.45, 2.75) is 13.0 Å². The molecule has 1 atom stereocenters. The fourth-order valence-corrected chi connectivity index (χ4v) is 3.97. The van der Waals surface area contributed by atoms with E-state index in [0.717, 1.165) is 27.9 Å². The first-order valence-electron chi connectivity index (χ1n) is 10.5. The standard InChI is InChI=1S/C26H21FN4O2/c1-16-24(25(22-9-4-5-13-28-22)31-21-8-3-2-7-19(21)27)18-15-17(11-12-20(18)29-16)30-26(32)23-10-6-14-33-23/h2-15,25,29,31H,1H3,(H,30,32). The second-order valence-corrected chi connectivity index (χ2v) is 7.67. The molecule has 6 nitrogen and oxygen atoms in total. The highest BCUT2D eigenvalue weighted by Crippen LogP contribution is 2.35. The number of anilines is 2. The van der Waals surface area contributed by atoms with E-state index in [4.69, 9.17) is 4.42 Å². The molecule has 164 valence electrons. The van der Waals surface area contributed by atoms with Crippen LogP contribution in [0.4, 0.5) is 15.8 Å². The highest BCUT2D eigenvalue weighted by Gasteiger charge is 2.23. The maximum Gasteiger partial charge on any atom is 0.291 e. The van der Waals surface area contributed by atoms with Crippen molar-refractivity contribution in [3.63, 3.8) is 0 Å². The van der Waals surface area contributed by atoms with E-state index in [1.165, 1.54) is 12.3 Å². The highest BCUT2D eigenvalue weighted by atomic mass is 19.1. The number of carbonyl (C=O) groups excluding carboxylic acids is 1. The highest BCUT2D eigenvalue weighted by molar-refractivity contribution is 6.03. The third-order valence-electron chi connectivity index (χ3n) is 5.48. The molecule has 0 aliphatic heterocycles.